The molecule has 0 amide bonds. The van der Waals surface area contributed by atoms with Crippen molar-refractivity contribution in [3.63, 3.8) is 0 Å². The predicted octanol–water partition coefficient (Wildman–Crippen LogP) is 1.88. The minimum atomic E-state index is 0.494. The summed E-state index contributed by atoms with van der Waals surface area (Å²) in [6.07, 6.45) is 4.30. The Morgan fingerprint density at radius 2 is 2.33 bits per heavy atom. The van der Waals surface area contributed by atoms with Crippen LogP contribution < -0.4 is 0 Å². The fourth-order valence-corrected chi connectivity index (χ4v) is 2.02. The number of halogens is 1. The van der Waals surface area contributed by atoms with Crippen LogP contribution in [0.15, 0.2) is 0 Å². The zero-order chi connectivity index (χ0) is 8.81. The molecule has 1 fully saturated rings. The van der Waals surface area contributed by atoms with Gasteiger partial charge in [0, 0.05) is 25.5 Å². The Morgan fingerprint density at radius 1 is 1.50 bits per heavy atom. The van der Waals surface area contributed by atoms with Gasteiger partial charge in [0.1, 0.15) is 0 Å². The third-order valence-electron chi connectivity index (χ3n) is 2.42. The molecule has 1 aliphatic heterocycles. The lowest BCUT2D eigenvalue weighted by Crippen LogP contribution is -2.23. The first-order valence-electron chi connectivity index (χ1n) is 4.68. The maximum atomic E-state index is 5.30. The molecular weight excluding hydrogens is 218 g/mol. The maximum absolute atomic E-state index is 5.30. The Morgan fingerprint density at radius 3 is 2.92 bits per heavy atom. The molecule has 0 saturated carbocycles. The first-order chi connectivity index (χ1) is 5.86. The number of likely N-dealkylation sites (tertiary alicyclic amines) is 1. The monoisotopic (exact) mass is 235 g/mol. The molecule has 0 bridgehead atoms. The van der Waals surface area contributed by atoms with Gasteiger partial charge in [0.2, 0.25) is 0 Å². The quantitative estimate of drug-likeness (QED) is 0.533. The first-order valence-corrected chi connectivity index (χ1v) is 5.80. The fraction of sp³-hybridized carbons (Fsp3) is 1.00. The van der Waals surface area contributed by atoms with Crippen molar-refractivity contribution < 1.29 is 4.74 Å². The third kappa shape index (κ3) is 3.42. The largest absolute Gasteiger partial charge is 0.380 e. The topological polar surface area (TPSA) is 12.5 Å². The number of alkyl halides is 1. The average Bonchev–Trinajstić information content (AvgIpc) is 2.53. The van der Waals surface area contributed by atoms with Gasteiger partial charge in [-0.15, -0.1) is 0 Å². The molecule has 0 spiro atoms. The van der Waals surface area contributed by atoms with Crippen molar-refractivity contribution in [2.24, 2.45) is 0 Å². The molecule has 1 rings (SSSR count). The average molecular weight is 236 g/mol. The van der Waals surface area contributed by atoms with Gasteiger partial charge in [-0.25, -0.2) is 0 Å². The number of methoxy groups -OCH3 is 1. The summed E-state index contributed by atoms with van der Waals surface area (Å²) in [5.74, 6) is 0. The Bertz CT molecular complexity index is 121. The highest BCUT2D eigenvalue weighted by Gasteiger charge is 2.20. The molecule has 0 radical (unpaired) electrons. The molecule has 1 heterocycles. The second-order valence-electron chi connectivity index (χ2n) is 3.34. The number of rotatable bonds is 5. The summed E-state index contributed by atoms with van der Waals surface area (Å²) < 4.78 is 5.30. The SMILES string of the molecule is COC1CCN(CCCCBr)C1. The number of ether oxygens (including phenoxy) is 1. The van der Waals surface area contributed by atoms with E-state index in [1.165, 1.54) is 32.4 Å². The van der Waals surface area contributed by atoms with Gasteiger partial charge in [0.05, 0.1) is 6.10 Å². The van der Waals surface area contributed by atoms with Crippen LogP contribution in [-0.2, 0) is 4.74 Å². The molecule has 3 heteroatoms. The van der Waals surface area contributed by atoms with E-state index >= 15 is 0 Å². The van der Waals surface area contributed by atoms with E-state index in [-0.39, 0.29) is 0 Å². The van der Waals surface area contributed by atoms with Gasteiger partial charge in [-0.2, -0.15) is 0 Å². The predicted molar refractivity (Wildman–Crippen MR) is 54.9 cm³/mol. The second kappa shape index (κ2) is 5.95. The minimum Gasteiger partial charge on any atom is -0.380 e. The smallest absolute Gasteiger partial charge is 0.0710 e. The van der Waals surface area contributed by atoms with Crippen molar-refractivity contribution in [3.8, 4) is 0 Å². The zero-order valence-electron chi connectivity index (χ0n) is 7.76. The first kappa shape index (κ1) is 10.5. The van der Waals surface area contributed by atoms with E-state index in [4.69, 9.17) is 4.74 Å². The van der Waals surface area contributed by atoms with Gasteiger partial charge < -0.3 is 9.64 Å². The standard InChI is InChI=1S/C9H18BrNO/c1-12-9-4-7-11(8-9)6-3-2-5-10/h9H,2-8H2,1H3. The van der Waals surface area contributed by atoms with E-state index in [1.54, 1.807) is 0 Å². The van der Waals surface area contributed by atoms with Crippen LogP contribution in [0.5, 0.6) is 0 Å². The van der Waals surface area contributed by atoms with Crippen molar-refractivity contribution in [1.82, 2.24) is 4.90 Å². The van der Waals surface area contributed by atoms with Gasteiger partial charge in [-0.3, -0.25) is 0 Å². The summed E-state index contributed by atoms with van der Waals surface area (Å²) in [6.45, 7) is 3.60. The number of hydrogen-bond donors (Lipinski definition) is 0. The zero-order valence-corrected chi connectivity index (χ0v) is 9.35. The van der Waals surface area contributed by atoms with Crippen LogP contribution in [0.3, 0.4) is 0 Å². The van der Waals surface area contributed by atoms with Crippen LogP contribution in [0.4, 0.5) is 0 Å². The minimum absolute atomic E-state index is 0.494. The molecule has 2 nitrogen and oxygen atoms in total. The molecule has 0 aliphatic carbocycles. The Labute approximate surface area is 83.4 Å². The molecule has 1 unspecified atom stereocenters. The Kier molecular flexibility index (Phi) is 5.19. The van der Waals surface area contributed by atoms with Crippen LogP contribution >= 0.6 is 15.9 Å². The highest BCUT2D eigenvalue weighted by Crippen LogP contribution is 2.12. The highest BCUT2D eigenvalue weighted by molar-refractivity contribution is 9.09. The van der Waals surface area contributed by atoms with Gasteiger partial charge in [-0.1, -0.05) is 15.9 Å². The number of hydrogen-bond acceptors (Lipinski definition) is 2. The van der Waals surface area contributed by atoms with Crippen molar-refractivity contribution in [2.45, 2.75) is 25.4 Å². The molecule has 1 aliphatic rings. The van der Waals surface area contributed by atoms with E-state index in [0.29, 0.717) is 6.10 Å². The molecule has 72 valence electrons. The number of unbranched alkanes of at least 4 members (excludes halogenated alkanes) is 1. The van der Waals surface area contributed by atoms with Crippen molar-refractivity contribution in [2.75, 3.05) is 32.1 Å². The molecule has 12 heavy (non-hydrogen) atoms. The summed E-state index contributed by atoms with van der Waals surface area (Å²) in [7, 11) is 1.81. The summed E-state index contributed by atoms with van der Waals surface area (Å²) in [6, 6.07) is 0. The number of nitrogens with zero attached hydrogens (tertiary/aromatic N) is 1. The van der Waals surface area contributed by atoms with E-state index in [0.717, 1.165) is 11.9 Å². The molecule has 1 atom stereocenters. The summed E-state index contributed by atoms with van der Waals surface area (Å²) in [5, 5.41) is 1.13. The van der Waals surface area contributed by atoms with Crippen LogP contribution in [0.2, 0.25) is 0 Å². The van der Waals surface area contributed by atoms with Gasteiger partial charge in [-0.05, 0) is 25.8 Å². The highest BCUT2D eigenvalue weighted by atomic mass is 79.9. The van der Waals surface area contributed by atoms with Crippen LogP contribution in [-0.4, -0.2) is 43.1 Å². The Balaban J connectivity index is 2.03. The van der Waals surface area contributed by atoms with E-state index in [1.807, 2.05) is 7.11 Å². The molecule has 0 aromatic carbocycles. The summed E-state index contributed by atoms with van der Waals surface area (Å²) in [5.41, 5.74) is 0. The molecule has 0 aromatic heterocycles. The lowest BCUT2D eigenvalue weighted by molar-refractivity contribution is 0.108. The van der Waals surface area contributed by atoms with Crippen LogP contribution in [0.25, 0.3) is 0 Å². The van der Waals surface area contributed by atoms with Crippen molar-refractivity contribution in [1.29, 1.82) is 0 Å². The fourth-order valence-electron chi connectivity index (χ4n) is 1.62. The van der Waals surface area contributed by atoms with E-state index in [9.17, 15) is 0 Å². The Hall–Kier alpha value is 0.400. The molecule has 1 saturated heterocycles. The lowest BCUT2D eigenvalue weighted by atomic mass is 10.3. The van der Waals surface area contributed by atoms with E-state index in [2.05, 4.69) is 20.8 Å². The van der Waals surface area contributed by atoms with E-state index < -0.39 is 0 Å². The molecule has 0 aromatic rings. The second-order valence-corrected chi connectivity index (χ2v) is 4.14. The van der Waals surface area contributed by atoms with Gasteiger partial charge in [0.15, 0.2) is 0 Å². The normalized spacial score (nSPS) is 25.0. The van der Waals surface area contributed by atoms with Crippen molar-refractivity contribution >= 4 is 15.9 Å². The molecule has 0 N–H and O–H groups in total. The molecular formula is C9H18BrNO. The maximum Gasteiger partial charge on any atom is 0.0710 e. The van der Waals surface area contributed by atoms with Gasteiger partial charge >= 0.3 is 0 Å². The van der Waals surface area contributed by atoms with Gasteiger partial charge in [0.25, 0.3) is 0 Å². The van der Waals surface area contributed by atoms with Crippen LogP contribution in [0, 0.1) is 0 Å². The van der Waals surface area contributed by atoms with Crippen molar-refractivity contribution in [3.05, 3.63) is 0 Å². The summed E-state index contributed by atoms with van der Waals surface area (Å²) in [4.78, 5) is 2.50. The third-order valence-corrected chi connectivity index (χ3v) is 2.98. The lowest BCUT2D eigenvalue weighted by Gasteiger charge is -2.14. The van der Waals surface area contributed by atoms with Crippen LogP contribution in [0.1, 0.15) is 19.3 Å². The summed E-state index contributed by atoms with van der Waals surface area (Å²) >= 11 is 3.44.